The lowest BCUT2D eigenvalue weighted by Gasteiger charge is -2.18. The number of nitrogens with one attached hydrogen (secondary N) is 1. The van der Waals surface area contributed by atoms with Crippen LogP contribution in [0.25, 0.3) is 6.08 Å². The Bertz CT molecular complexity index is 902. The molecule has 0 saturated heterocycles. The zero-order valence-corrected chi connectivity index (χ0v) is 13.3. The van der Waals surface area contributed by atoms with Crippen LogP contribution in [-0.2, 0) is 22.6 Å². The second-order valence-electron chi connectivity index (χ2n) is 5.49. The molecule has 0 radical (unpaired) electrons. The molecule has 0 unspecified atom stereocenters. The van der Waals surface area contributed by atoms with Gasteiger partial charge in [-0.05, 0) is 48.2 Å². The molecule has 0 saturated carbocycles. The van der Waals surface area contributed by atoms with Gasteiger partial charge in [0.25, 0.3) is 10.0 Å². The number of sulfonamides is 1. The first-order chi connectivity index (χ1) is 11.3. The van der Waals surface area contributed by atoms with Crippen molar-refractivity contribution < 1.29 is 21.6 Å². The summed E-state index contributed by atoms with van der Waals surface area (Å²) in [4.78, 5) is 0.165. The summed E-state index contributed by atoms with van der Waals surface area (Å²) >= 11 is 0. The Morgan fingerprint density at radius 1 is 0.958 bits per heavy atom. The van der Waals surface area contributed by atoms with Gasteiger partial charge in [0.15, 0.2) is 0 Å². The molecule has 3 nitrogen and oxygen atoms in total. The van der Waals surface area contributed by atoms with Gasteiger partial charge in [-0.3, -0.25) is 4.72 Å². The Kier molecular flexibility index (Phi) is 4.13. The molecule has 3 rings (SSSR count). The summed E-state index contributed by atoms with van der Waals surface area (Å²) in [6.45, 7) is 0. The molecule has 1 N–H and O–H groups in total. The third kappa shape index (κ3) is 3.46. The minimum absolute atomic E-state index is 0.107. The van der Waals surface area contributed by atoms with Crippen molar-refractivity contribution in [1.29, 1.82) is 0 Å². The molecule has 0 heterocycles. The van der Waals surface area contributed by atoms with Crippen LogP contribution in [0.1, 0.15) is 23.1 Å². The van der Waals surface area contributed by atoms with Crippen molar-refractivity contribution >= 4 is 21.8 Å². The molecule has 2 aromatic rings. The van der Waals surface area contributed by atoms with Gasteiger partial charge >= 0.3 is 6.18 Å². The zero-order valence-electron chi connectivity index (χ0n) is 12.5. The van der Waals surface area contributed by atoms with E-state index in [4.69, 9.17) is 0 Å². The van der Waals surface area contributed by atoms with Crippen molar-refractivity contribution in [3.05, 3.63) is 70.1 Å². The number of hydrogen-bond donors (Lipinski definition) is 1. The number of fused-ring (bicyclic) bond motifs is 1. The number of rotatable bonds is 3. The van der Waals surface area contributed by atoms with Crippen molar-refractivity contribution in [2.45, 2.75) is 19.0 Å². The van der Waals surface area contributed by atoms with Gasteiger partial charge in [-0.1, -0.05) is 30.3 Å². The lowest BCUT2D eigenvalue weighted by Crippen LogP contribution is -2.18. The van der Waals surface area contributed by atoms with Crippen molar-refractivity contribution in [1.82, 2.24) is 0 Å². The minimum Gasteiger partial charge on any atom is -0.280 e. The predicted molar refractivity (Wildman–Crippen MR) is 86.7 cm³/mol. The van der Waals surface area contributed by atoms with Crippen LogP contribution in [0, 0.1) is 0 Å². The highest BCUT2D eigenvalue weighted by molar-refractivity contribution is 7.96. The van der Waals surface area contributed by atoms with E-state index >= 15 is 0 Å². The standard InChI is InChI=1S/C17H14F3NO2S/c18-17(19,20)14-6-3-7-15(11-14)21-24(22,23)16-9-8-12-4-1-2-5-13(12)10-16/h1-7,10-11,21H,8-9H2. The largest absolute Gasteiger partial charge is 0.416 e. The molecule has 1 aliphatic carbocycles. The van der Waals surface area contributed by atoms with E-state index in [1.807, 2.05) is 24.3 Å². The van der Waals surface area contributed by atoms with Crippen LogP contribution >= 0.6 is 0 Å². The molecule has 0 bridgehead atoms. The van der Waals surface area contributed by atoms with Crippen LogP contribution in [-0.4, -0.2) is 8.42 Å². The lowest BCUT2D eigenvalue weighted by atomic mass is 9.98. The third-order valence-corrected chi connectivity index (χ3v) is 5.32. The van der Waals surface area contributed by atoms with Gasteiger partial charge in [0.2, 0.25) is 0 Å². The number of allylic oxidation sites excluding steroid dienone is 1. The SMILES string of the molecule is O=S(=O)(Nc1cccc(C(F)(F)F)c1)C1=Cc2ccccc2CC1. The number of benzene rings is 2. The second-order valence-corrected chi connectivity index (χ2v) is 7.23. The summed E-state index contributed by atoms with van der Waals surface area (Å²) in [6.07, 6.45) is -2.07. The van der Waals surface area contributed by atoms with E-state index in [1.54, 1.807) is 6.08 Å². The smallest absolute Gasteiger partial charge is 0.280 e. The Morgan fingerprint density at radius 3 is 2.46 bits per heavy atom. The van der Waals surface area contributed by atoms with E-state index in [9.17, 15) is 21.6 Å². The number of alkyl halides is 3. The summed E-state index contributed by atoms with van der Waals surface area (Å²) in [5, 5.41) is 0. The molecule has 0 atom stereocenters. The van der Waals surface area contributed by atoms with Gasteiger partial charge in [-0.25, -0.2) is 8.42 Å². The molecule has 0 amide bonds. The van der Waals surface area contributed by atoms with Crippen LogP contribution in [0.3, 0.4) is 0 Å². The maximum absolute atomic E-state index is 12.7. The molecule has 0 fully saturated rings. The highest BCUT2D eigenvalue weighted by Crippen LogP contribution is 2.32. The highest BCUT2D eigenvalue weighted by atomic mass is 32.2. The molecular weight excluding hydrogens is 339 g/mol. The normalized spacial score (nSPS) is 14.7. The number of hydrogen-bond acceptors (Lipinski definition) is 2. The summed E-state index contributed by atoms with van der Waals surface area (Å²) in [6, 6.07) is 11.6. The molecule has 1 aliphatic rings. The molecule has 126 valence electrons. The predicted octanol–water partition coefficient (Wildman–Crippen LogP) is 4.43. The van der Waals surface area contributed by atoms with E-state index in [-0.39, 0.29) is 10.6 Å². The first-order valence-electron chi connectivity index (χ1n) is 7.24. The Labute approximate surface area is 137 Å². The van der Waals surface area contributed by atoms with E-state index in [0.717, 1.165) is 23.3 Å². The van der Waals surface area contributed by atoms with E-state index in [2.05, 4.69) is 4.72 Å². The summed E-state index contributed by atoms with van der Waals surface area (Å²) in [7, 11) is -3.90. The molecule has 24 heavy (non-hydrogen) atoms. The van der Waals surface area contributed by atoms with Gasteiger partial charge in [-0.2, -0.15) is 13.2 Å². The maximum atomic E-state index is 12.7. The molecule has 0 spiro atoms. The van der Waals surface area contributed by atoms with Crippen LogP contribution in [0.5, 0.6) is 0 Å². The fourth-order valence-corrected chi connectivity index (χ4v) is 3.82. The first kappa shape index (κ1) is 16.6. The van der Waals surface area contributed by atoms with Gasteiger partial charge in [0, 0.05) is 5.69 Å². The van der Waals surface area contributed by atoms with Gasteiger partial charge < -0.3 is 0 Å². The Morgan fingerprint density at radius 2 is 1.71 bits per heavy atom. The average Bonchev–Trinajstić information content (AvgIpc) is 2.53. The fourth-order valence-electron chi connectivity index (χ4n) is 2.60. The van der Waals surface area contributed by atoms with Gasteiger partial charge in [0.05, 0.1) is 10.5 Å². The number of aryl methyl sites for hydroxylation is 1. The van der Waals surface area contributed by atoms with Crippen molar-refractivity contribution in [2.24, 2.45) is 0 Å². The van der Waals surface area contributed by atoms with E-state index in [0.29, 0.717) is 12.8 Å². The fraction of sp³-hybridized carbons (Fsp3) is 0.176. The van der Waals surface area contributed by atoms with Crippen molar-refractivity contribution in [3.8, 4) is 0 Å². The highest BCUT2D eigenvalue weighted by Gasteiger charge is 2.31. The topological polar surface area (TPSA) is 46.2 Å². The Hall–Kier alpha value is -2.28. The molecule has 0 aromatic heterocycles. The molecule has 7 heteroatoms. The second kappa shape index (κ2) is 5.98. The maximum Gasteiger partial charge on any atom is 0.416 e. The van der Waals surface area contributed by atoms with E-state index in [1.165, 1.54) is 12.1 Å². The van der Waals surface area contributed by atoms with Crippen LogP contribution in [0.2, 0.25) is 0 Å². The number of halogens is 3. The zero-order chi connectivity index (χ0) is 17.4. The van der Waals surface area contributed by atoms with Crippen molar-refractivity contribution in [2.75, 3.05) is 4.72 Å². The third-order valence-electron chi connectivity index (χ3n) is 3.80. The van der Waals surface area contributed by atoms with Crippen LogP contribution in [0.4, 0.5) is 18.9 Å². The summed E-state index contributed by atoms with van der Waals surface area (Å²) < 4.78 is 65.4. The molecule has 0 aliphatic heterocycles. The Balaban J connectivity index is 1.89. The monoisotopic (exact) mass is 353 g/mol. The van der Waals surface area contributed by atoms with Gasteiger partial charge in [0.1, 0.15) is 0 Å². The van der Waals surface area contributed by atoms with Gasteiger partial charge in [-0.15, -0.1) is 0 Å². The minimum atomic E-state index is -4.52. The van der Waals surface area contributed by atoms with E-state index < -0.39 is 21.8 Å². The quantitative estimate of drug-likeness (QED) is 0.887. The molecular formula is C17H14F3NO2S. The van der Waals surface area contributed by atoms with Crippen molar-refractivity contribution in [3.63, 3.8) is 0 Å². The summed E-state index contributed by atoms with van der Waals surface area (Å²) in [5.74, 6) is 0. The van der Waals surface area contributed by atoms with Crippen LogP contribution in [0.15, 0.2) is 53.4 Å². The summed E-state index contributed by atoms with van der Waals surface area (Å²) in [5.41, 5.74) is 0.860. The van der Waals surface area contributed by atoms with Crippen LogP contribution < -0.4 is 4.72 Å². The first-order valence-corrected chi connectivity index (χ1v) is 8.72. The number of anilines is 1. The average molecular weight is 353 g/mol. The molecule has 2 aromatic carbocycles. The lowest BCUT2D eigenvalue weighted by molar-refractivity contribution is -0.137.